The van der Waals surface area contributed by atoms with Gasteiger partial charge >= 0.3 is 5.97 Å². The minimum Gasteiger partial charge on any atom is -0.478 e. The number of hydrogen-bond acceptors (Lipinski definition) is 3. The Morgan fingerprint density at radius 2 is 1.70 bits per heavy atom. The minimum absolute atomic E-state index is 0.128. The van der Waals surface area contributed by atoms with Gasteiger partial charge in [0.1, 0.15) is 0 Å². The van der Waals surface area contributed by atoms with E-state index in [9.17, 15) is 13.2 Å². The Hall–Kier alpha value is -1.44. The minimum atomic E-state index is -3.51. The van der Waals surface area contributed by atoms with E-state index >= 15 is 0 Å². The smallest absolute Gasteiger partial charge is 0.335 e. The Balaban J connectivity index is 2.85. The van der Waals surface area contributed by atoms with E-state index in [1.807, 2.05) is 0 Å². The highest BCUT2D eigenvalue weighted by atomic mass is 32.2. The van der Waals surface area contributed by atoms with Crippen LogP contribution in [-0.2, 0) is 16.8 Å². The van der Waals surface area contributed by atoms with Crippen molar-refractivity contribution in [3.8, 4) is 0 Å². The maximum atomic E-state index is 12.2. The standard InChI is InChI=1S/C13H20N2O4S/c1-10(2)15(4)20(18,19)14(3)9-11-5-7-12(8-6-11)13(16)17/h5-8,10H,9H2,1-4H3,(H,16,17). The fraction of sp³-hybridized carbons (Fsp3) is 0.462. The number of carboxylic acids is 1. The lowest BCUT2D eigenvalue weighted by atomic mass is 10.1. The van der Waals surface area contributed by atoms with E-state index in [0.29, 0.717) is 0 Å². The Morgan fingerprint density at radius 1 is 1.20 bits per heavy atom. The maximum absolute atomic E-state index is 12.2. The van der Waals surface area contributed by atoms with Crippen molar-refractivity contribution in [1.29, 1.82) is 0 Å². The lowest BCUT2D eigenvalue weighted by Gasteiger charge is -2.27. The Kier molecular flexibility index (Phi) is 5.27. The van der Waals surface area contributed by atoms with Crippen LogP contribution < -0.4 is 0 Å². The zero-order valence-corrected chi connectivity index (χ0v) is 12.9. The Bertz CT molecular complexity index is 567. The molecule has 7 heteroatoms. The van der Waals surface area contributed by atoms with Crippen LogP contribution in [0, 0.1) is 0 Å². The molecule has 0 fully saturated rings. The van der Waals surface area contributed by atoms with Crippen LogP contribution in [0.3, 0.4) is 0 Å². The van der Waals surface area contributed by atoms with Crippen molar-refractivity contribution in [3.63, 3.8) is 0 Å². The van der Waals surface area contributed by atoms with Crippen molar-refractivity contribution < 1.29 is 18.3 Å². The summed E-state index contributed by atoms with van der Waals surface area (Å²) in [6, 6.07) is 6.03. The second-order valence-electron chi connectivity index (χ2n) is 4.88. The largest absolute Gasteiger partial charge is 0.478 e. The van der Waals surface area contributed by atoms with Gasteiger partial charge in [-0.1, -0.05) is 12.1 Å². The molecule has 1 aromatic carbocycles. The van der Waals surface area contributed by atoms with E-state index in [4.69, 9.17) is 5.11 Å². The average molecular weight is 300 g/mol. The van der Waals surface area contributed by atoms with Gasteiger partial charge in [-0.05, 0) is 31.5 Å². The summed E-state index contributed by atoms with van der Waals surface area (Å²) < 4.78 is 26.9. The summed E-state index contributed by atoms with van der Waals surface area (Å²) in [7, 11) is -0.481. The lowest BCUT2D eigenvalue weighted by molar-refractivity contribution is 0.0697. The monoisotopic (exact) mass is 300 g/mol. The number of carboxylic acid groups (broad SMARTS) is 1. The number of rotatable bonds is 6. The van der Waals surface area contributed by atoms with Crippen LogP contribution in [0.2, 0.25) is 0 Å². The molecule has 0 saturated carbocycles. The molecule has 0 aliphatic carbocycles. The van der Waals surface area contributed by atoms with Crippen LogP contribution in [-0.4, -0.2) is 48.2 Å². The first-order chi connectivity index (χ1) is 9.16. The molecule has 0 amide bonds. The average Bonchev–Trinajstić information content (AvgIpc) is 2.38. The highest BCUT2D eigenvalue weighted by molar-refractivity contribution is 7.86. The summed E-state index contributed by atoms with van der Waals surface area (Å²) >= 11 is 0. The highest BCUT2D eigenvalue weighted by Gasteiger charge is 2.25. The zero-order chi connectivity index (χ0) is 15.5. The van der Waals surface area contributed by atoms with Crippen LogP contribution >= 0.6 is 0 Å². The molecule has 0 bridgehead atoms. The molecule has 0 atom stereocenters. The fourth-order valence-corrected chi connectivity index (χ4v) is 2.86. The van der Waals surface area contributed by atoms with Gasteiger partial charge < -0.3 is 5.11 Å². The maximum Gasteiger partial charge on any atom is 0.335 e. The number of nitrogens with zero attached hydrogens (tertiary/aromatic N) is 2. The second kappa shape index (κ2) is 6.34. The first-order valence-corrected chi connectivity index (χ1v) is 7.57. The van der Waals surface area contributed by atoms with Gasteiger partial charge in [-0.2, -0.15) is 17.0 Å². The Labute approximate surface area is 119 Å². The van der Waals surface area contributed by atoms with Crippen molar-refractivity contribution in [2.24, 2.45) is 0 Å². The van der Waals surface area contributed by atoms with Gasteiger partial charge in [0.25, 0.3) is 10.2 Å². The summed E-state index contributed by atoms with van der Waals surface area (Å²) in [5, 5.41) is 8.81. The topological polar surface area (TPSA) is 77.9 Å². The second-order valence-corrected chi connectivity index (χ2v) is 6.97. The summed E-state index contributed by atoms with van der Waals surface area (Å²) in [4.78, 5) is 10.7. The van der Waals surface area contributed by atoms with Gasteiger partial charge in [-0.3, -0.25) is 0 Å². The molecule has 0 saturated heterocycles. The van der Waals surface area contributed by atoms with Crippen LogP contribution in [0.1, 0.15) is 29.8 Å². The van der Waals surface area contributed by atoms with Gasteiger partial charge in [0, 0.05) is 26.7 Å². The molecule has 1 aromatic rings. The fourth-order valence-electron chi connectivity index (χ4n) is 1.58. The number of aromatic carboxylic acids is 1. The SMILES string of the molecule is CC(C)N(C)S(=O)(=O)N(C)Cc1ccc(C(=O)O)cc1. The molecule has 0 aliphatic rings. The summed E-state index contributed by atoms with van der Waals surface area (Å²) in [5.41, 5.74) is 0.914. The van der Waals surface area contributed by atoms with E-state index in [1.54, 1.807) is 26.0 Å². The molecule has 6 nitrogen and oxygen atoms in total. The molecule has 20 heavy (non-hydrogen) atoms. The van der Waals surface area contributed by atoms with Crippen molar-refractivity contribution in [2.75, 3.05) is 14.1 Å². The third-order valence-electron chi connectivity index (χ3n) is 3.09. The van der Waals surface area contributed by atoms with E-state index in [0.717, 1.165) is 5.56 Å². The van der Waals surface area contributed by atoms with Crippen molar-refractivity contribution in [1.82, 2.24) is 8.61 Å². The number of carbonyl (C=O) groups is 1. The first-order valence-electron chi connectivity index (χ1n) is 6.17. The molecular formula is C13H20N2O4S. The van der Waals surface area contributed by atoms with E-state index in [1.165, 1.54) is 34.8 Å². The van der Waals surface area contributed by atoms with Crippen molar-refractivity contribution >= 4 is 16.2 Å². The quantitative estimate of drug-likeness (QED) is 0.861. The van der Waals surface area contributed by atoms with Crippen molar-refractivity contribution in [3.05, 3.63) is 35.4 Å². The van der Waals surface area contributed by atoms with Crippen molar-refractivity contribution in [2.45, 2.75) is 26.4 Å². The normalized spacial score (nSPS) is 12.3. The molecule has 0 heterocycles. The van der Waals surface area contributed by atoms with Gasteiger partial charge in [-0.15, -0.1) is 0 Å². The summed E-state index contributed by atoms with van der Waals surface area (Å²) in [5.74, 6) is -1.00. The molecule has 1 rings (SSSR count). The zero-order valence-electron chi connectivity index (χ0n) is 12.1. The van der Waals surface area contributed by atoms with Crippen LogP contribution in [0.4, 0.5) is 0 Å². The van der Waals surface area contributed by atoms with Crippen LogP contribution in [0.15, 0.2) is 24.3 Å². The molecule has 0 radical (unpaired) electrons. The molecule has 0 spiro atoms. The van der Waals surface area contributed by atoms with Crippen LogP contribution in [0.25, 0.3) is 0 Å². The number of hydrogen-bond donors (Lipinski definition) is 1. The summed E-state index contributed by atoms with van der Waals surface area (Å²) in [6.45, 7) is 3.79. The van der Waals surface area contributed by atoms with E-state index in [2.05, 4.69) is 0 Å². The van der Waals surface area contributed by atoms with Crippen LogP contribution in [0.5, 0.6) is 0 Å². The molecular weight excluding hydrogens is 280 g/mol. The number of benzene rings is 1. The molecule has 1 N–H and O–H groups in total. The molecule has 112 valence electrons. The van der Waals surface area contributed by atoms with Gasteiger partial charge in [-0.25, -0.2) is 4.79 Å². The predicted molar refractivity (Wildman–Crippen MR) is 76.7 cm³/mol. The highest BCUT2D eigenvalue weighted by Crippen LogP contribution is 2.13. The Morgan fingerprint density at radius 3 is 2.10 bits per heavy atom. The van der Waals surface area contributed by atoms with Gasteiger partial charge in [0.05, 0.1) is 5.56 Å². The third-order valence-corrected chi connectivity index (χ3v) is 5.16. The first kappa shape index (κ1) is 16.6. The van der Waals surface area contributed by atoms with Gasteiger partial charge in [0.2, 0.25) is 0 Å². The molecule has 0 unspecified atom stereocenters. The molecule has 0 aliphatic heterocycles. The predicted octanol–water partition coefficient (Wildman–Crippen LogP) is 1.40. The third kappa shape index (κ3) is 3.78. The van der Waals surface area contributed by atoms with Gasteiger partial charge in [0.15, 0.2) is 0 Å². The summed E-state index contributed by atoms with van der Waals surface area (Å²) in [6.07, 6.45) is 0. The molecule has 0 aromatic heterocycles. The van der Waals surface area contributed by atoms with E-state index < -0.39 is 16.2 Å². The lowest BCUT2D eigenvalue weighted by Crippen LogP contribution is -2.42. The van der Waals surface area contributed by atoms with E-state index in [-0.39, 0.29) is 18.2 Å².